The van der Waals surface area contributed by atoms with Crippen LogP contribution in [0.15, 0.2) is 30.6 Å². The van der Waals surface area contributed by atoms with E-state index in [9.17, 15) is 18.4 Å². The molecule has 2 N–H and O–H groups in total. The summed E-state index contributed by atoms with van der Waals surface area (Å²) in [5.74, 6) is -2.17. The van der Waals surface area contributed by atoms with Gasteiger partial charge in [-0.2, -0.15) is 0 Å². The number of carbonyl (C=O) groups excluding carboxylic acids is 2. The maximum absolute atomic E-state index is 13.9. The fourth-order valence-electron chi connectivity index (χ4n) is 3.44. The van der Waals surface area contributed by atoms with Crippen molar-refractivity contribution in [1.82, 2.24) is 20.2 Å². The maximum atomic E-state index is 13.9. The molecule has 1 fully saturated rings. The van der Waals surface area contributed by atoms with E-state index >= 15 is 0 Å². The first-order chi connectivity index (χ1) is 13.4. The summed E-state index contributed by atoms with van der Waals surface area (Å²) in [6.45, 7) is 1.69. The highest BCUT2D eigenvalue weighted by Gasteiger charge is 2.53. The summed E-state index contributed by atoms with van der Waals surface area (Å²) in [5, 5.41) is 5.30. The Labute approximate surface area is 158 Å². The topological polar surface area (TPSA) is 96.5 Å². The molecular weight excluding hydrogens is 372 g/mol. The number of urea groups is 1. The maximum Gasteiger partial charge on any atom is 0.323 e. The highest BCUT2D eigenvalue weighted by molar-refractivity contribution is 5.96. The van der Waals surface area contributed by atoms with Gasteiger partial charge in [0, 0.05) is 12.3 Å². The summed E-state index contributed by atoms with van der Waals surface area (Å²) < 4.78 is 32.2. The highest BCUT2D eigenvalue weighted by atomic mass is 19.1. The molecule has 2 aromatic heterocycles. The van der Waals surface area contributed by atoms with Gasteiger partial charge in [0.05, 0.1) is 42.5 Å². The lowest BCUT2D eigenvalue weighted by Gasteiger charge is -2.51. The van der Waals surface area contributed by atoms with Crippen molar-refractivity contribution in [2.45, 2.75) is 18.5 Å². The molecule has 0 aromatic carbocycles. The van der Waals surface area contributed by atoms with E-state index in [2.05, 4.69) is 20.6 Å². The van der Waals surface area contributed by atoms with Crippen molar-refractivity contribution < 1.29 is 23.1 Å². The minimum atomic E-state index is -0.856. The first-order valence-corrected chi connectivity index (χ1v) is 8.63. The highest BCUT2D eigenvalue weighted by Crippen LogP contribution is 2.41. The van der Waals surface area contributed by atoms with Crippen LogP contribution in [0.2, 0.25) is 0 Å². The number of pyridine rings is 2. The first-order valence-electron chi connectivity index (χ1n) is 8.63. The molecule has 0 aliphatic carbocycles. The molecule has 0 radical (unpaired) electrons. The standard InChI is InChI=1S/C18H17F2N5O3/c1-10(15-12(20)5-11(19)6-22-15)23-14(26)7-25-17(27)24-13-3-2-4-21-16(13)18(25)8-28-9-18/h2-6,10H,7-9H2,1H3,(H,23,26)(H,24,27)/t10-/m0/s1. The molecule has 0 unspecified atom stereocenters. The van der Waals surface area contributed by atoms with E-state index in [4.69, 9.17) is 4.74 Å². The number of rotatable bonds is 4. The molecular formula is C18H17F2N5O3. The largest absolute Gasteiger partial charge is 0.376 e. The monoisotopic (exact) mass is 389 g/mol. The Bertz CT molecular complexity index is 951. The SMILES string of the molecule is C[C@H](NC(=O)CN1C(=O)Nc2cccnc2C12COC2)c1ncc(F)cc1F. The van der Waals surface area contributed by atoms with Crippen LogP contribution in [0.25, 0.3) is 0 Å². The third kappa shape index (κ3) is 2.95. The zero-order valence-electron chi connectivity index (χ0n) is 14.9. The van der Waals surface area contributed by atoms with Crippen LogP contribution in [0.3, 0.4) is 0 Å². The zero-order valence-corrected chi connectivity index (χ0v) is 14.9. The Morgan fingerprint density at radius 2 is 2.21 bits per heavy atom. The van der Waals surface area contributed by atoms with Gasteiger partial charge in [-0.1, -0.05) is 0 Å². The van der Waals surface area contributed by atoms with Crippen molar-refractivity contribution in [3.63, 3.8) is 0 Å². The third-order valence-electron chi connectivity index (χ3n) is 4.86. The normalized spacial score (nSPS) is 18.1. The van der Waals surface area contributed by atoms with E-state index in [0.717, 1.165) is 6.20 Å². The van der Waals surface area contributed by atoms with E-state index in [0.29, 0.717) is 17.4 Å². The van der Waals surface area contributed by atoms with Gasteiger partial charge in [0.1, 0.15) is 23.7 Å². The number of hydrogen-bond acceptors (Lipinski definition) is 5. The number of nitrogens with zero attached hydrogens (tertiary/aromatic N) is 3. The summed E-state index contributed by atoms with van der Waals surface area (Å²) in [5.41, 5.74) is 0.303. The number of anilines is 1. The van der Waals surface area contributed by atoms with E-state index < -0.39 is 35.2 Å². The predicted molar refractivity (Wildman–Crippen MR) is 93.2 cm³/mol. The average molecular weight is 389 g/mol. The molecule has 2 aliphatic rings. The Morgan fingerprint density at radius 3 is 2.89 bits per heavy atom. The zero-order chi connectivity index (χ0) is 19.9. The van der Waals surface area contributed by atoms with Crippen molar-refractivity contribution >= 4 is 17.6 Å². The molecule has 10 heteroatoms. The third-order valence-corrected chi connectivity index (χ3v) is 4.86. The number of halogens is 2. The van der Waals surface area contributed by atoms with E-state index in [-0.39, 0.29) is 25.5 Å². The molecule has 0 saturated carbocycles. The molecule has 3 amide bonds. The molecule has 0 bridgehead atoms. The number of nitrogens with one attached hydrogen (secondary N) is 2. The van der Waals surface area contributed by atoms with Crippen LogP contribution in [-0.4, -0.2) is 46.6 Å². The Morgan fingerprint density at radius 1 is 1.43 bits per heavy atom. The molecule has 146 valence electrons. The quantitative estimate of drug-likeness (QED) is 0.830. The van der Waals surface area contributed by atoms with Crippen LogP contribution in [0, 0.1) is 11.6 Å². The molecule has 4 rings (SSSR count). The van der Waals surface area contributed by atoms with Crippen molar-refractivity contribution in [2.24, 2.45) is 0 Å². The second-order valence-corrected chi connectivity index (χ2v) is 6.75. The van der Waals surface area contributed by atoms with Gasteiger partial charge in [-0.3, -0.25) is 19.7 Å². The fraction of sp³-hybridized carbons (Fsp3) is 0.333. The lowest BCUT2D eigenvalue weighted by Crippen LogP contribution is -2.66. The average Bonchev–Trinajstić information content (AvgIpc) is 2.60. The minimum Gasteiger partial charge on any atom is -0.376 e. The van der Waals surface area contributed by atoms with Gasteiger partial charge < -0.3 is 15.4 Å². The minimum absolute atomic E-state index is 0.0912. The second kappa shape index (κ2) is 6.79. The van der Waals surface area contributed by atoms with Crippen molar-refractivity contribution in [1.29, 1.82) is 0 Å². The van der Waals surface area contributed by atoms with Gasteiger partial charge in [0.25, 0.3) is 0 Å². The summed E-state index contributed by atoms with van der Waals surface area (Å²) in [6.07, 6.45) is 2.49. The molecule has 8 nitrogen and oxygen atoms in total. The second-order valence-electron chi connectivity index (χ2n) is 6.75. The van der Waals surface area contributed by atoms with Gasteiger partial charge >= 0.3 is 6.03 Å². The van der Waals surface area contributed by atoms with Gasteiger partial charge in [0.2, 0.25) is 5.91 Å². The number of carbonyl (C=O) groups is 2. The molecule has 1 spiro atoms. The van der Waals surface area contributed by atoms with Crippen molar-refractivity contribution in [3.8, 4) is 0 Å². The van der Waals surface area contributed by atoms with Crippen LogP contribution < -0.4 is 10.6 Å². The van der Waals surface area contributed by atoms with E-state index in [1.165, 1.54) is 11.8 Å². The number of fused-ring (bicyclic) bond motifs is 2. The van der Waals surface area contributed by atoms with Crippen LogP contribution in [-0.2, 0) is 15.1 Å². The van der Waals surface area contributed by atoms with E-state index in [1.54, 1.807) is 18.3 Å². The molecule has 2 aromatic rings. The molecule has 28 heavy (non-hydrogen) atoms. The first kappa shape index (κ1) is 18.2. The van der Waals surface area contributed by atoms with Crippen molar-refractivity contribution in [2.75, 3.05) is 25.1 Å². The summed E-state index contributed by atoms with van der Waals surface area (Å²) >= 11 is 0. The fourth-order valence-corrected chi connectivity index (χ4v) is 3.44. The molecule has 1 saturated heterocycles. The molecule has 4 heterocycles. The number of hydrogen-bond donors (Lipinski definition) is 2. The number of amides is 3. The summed E-state index contributed by atoms with van der Waals surface area (Å²) in [6, 6.07) is 2.90. The van der Waals surface area contributed by atoms with Crippen LogP contribution in [0.1, 0.15) is 24.4 Å². The van der Waals surface area contributed by atoms with Gasteiger partial charge in [-0.25, -0.2) is 13.6 Å². The lowest BCUT2D eigenvalue weighted by atomic mass is 9.87. The Hall–Kier alpha value is -3.14. The summed E-state index contributed by atoms with van der Waals surface area (Å²) in [7, 11) is 0. The van der Waals surface area contributed by atoms with Gasteiger partial charge in [0.15, 0.2) is 0 Å². The Balaban J connectivity index is 1.52. The van der Waals surface area contributed by atoms with Crippen LogP contribution in [0.5, 0.6) is 0 Å². The lowest BCUT2D eigenvalue weighted by molar-refractivity contribution is -0.143. The summed E-state index contributed by atoms with van der Waals surface area (Å²) in [4.78, 5) is 34.5. The number of ether oxygens (including phenoxy) is 1. The predicted octanol–water partition coefficient (Wildman–Crippen LogP) is 1.71. The van der Waals surface area contributed by atoms with E-state index in [1.807, 2.05) is 0 Å². The van der Waals surface area contributed by atoms with Gasteiger partial charge in [-0.15, -0.1) is 0 Å². The molecule has 2 aliphatic heterocycles. The van der Waals surface area contributed by atoms with Gasteiger partial charge in [-0.05, 0) is 19.1 Å². The smallest absolute Gasteiger partial charge is 0.323 e. The van der Waals surface area contributed by atoms with Crippen molar-refractivity contribution in [3.05, 3.63) is 53.6 Å². The Kier molecular flexibility index (Phi) is 4.42. The number of aromatic nitrogens is 2. The molecule has 1 atom stereocenters. The van der Waals surface area contributed by atoms with Crippen LogP contribution in [0.4, 0.5) is 19.3 Å². The van der Waals surface area contributed by atoms with Crippen LogP contribution >= 0.6 is 0 Å².